The second kappa shape index (κ2) is 151. The minimum absolute atomic E-state index is 0. The summed E-state index contributed by atoms with van der Waals surface area (Å²) in [5.74, 6) is 0. The zero-order valence-electron chi connectivity index (χ0n) is 19.4. The van der Waals surface area contributed by atoms with Crippen molar-refractivity contribution in [1.29, 1.82) is 0 Å². The summed E-state index contributed by atoms with van der Waals surface area (Å²) in [6, 6.07) is 0. The molecule has 0 aliphatic heterocycles. The van der Waals surface area contributed by atoms with E-state index >= 15 is 0 Å². The van der Waals surface area contributed by atoms with Gasteiger partial charge in [-0.05, 0) is 12.8 Å². The maximum absolute atomic E-state index is 8.25. The van der Waals surface area contributed by atoms with Crippen LogP contribution in [-0.2, 0) is 23.7 Å². The first-order valence-corrected chi connectivity index (χ1v) is 10.4. The van der Waals surface area contributed by atoms with Crippen molar-refractivity contribution >= 4 is 17.4 Å². The molecular formula is C22H56AlO3Ti-5. The van der Waals surface area contributed by atoms with Crippen molar-refractivity contribution in [3.8, 4) is 0 Å². The first kappa shape index (κ1) is 56.5. The molecule has 0 radical (unpaired) electrons. The van der Waals surface area contributed by atoms with E-state index in [9.17, 15) is 0 Å². The first-order chi connectivity index (χ1) is 12.7. The zero-order chi connectivity index (χ0) is 23.1. The molecule has 0 atom stereocenters. The van der Waals surface area contributed by atoms with Gasteiger partial charge in [0, 0.05) is 13.2 Å². The second-order valence-electron chi connectivity index (χ2n) is 3.86. The Labute approximate surface area is 198 Å². The summed E-state index contributed by atoms with van der Waals surface area (Å²) in [7, 11) is 0. The van der Waals surface area contributed by atoms with E-state index in [4.69, 9.17) is 13.5 Å². The molecule has 0 fully saturated rings. The molecule has 174 valence electrons. The number of aliphatic hydroxyl groups is 2. The van der Waals surface area contributed by atoms with Gasteiger partial charge in [-0.2, -0.15) is 33.6 Å². The van der Waals surface area contributed by atoms with E-state index in [2.05, 4.69) is 62.3 Å². The normalized spacial score (nSPS) is 6.11. The fraction of sp³-hybridized carbons (Fsp3) is 0.773. The van der Waals surface area contributed by atoms with Gasteiger partial charge in [0.05, 0.1) is 0 Å². The van der Waals surface area contributed by atoms with Crippen LogP contribution < -0.4 is 0 Å². The van der Waals surface area contributed by atoms with Crippen LogP contribution in [0.4, 0.5) is 0 Å². The average Bonchev–Trinajstić information content (AvgIpc) is 2.76. The molecule has 0 saturated heterocycles. The average molecular weight is 444 g/mol. The van der Waals surface area contributed by atoms with Crippen LogP contribution in [0.3, 0.4) is 0 Å². The monoisotopic (exact) mass is 443 g/mol. The number of hydrogen-bond donors (Lipinski definition) is 2. The van der Waals surface area contributed by atoms with Crippen LogP contribution in [0, 0.1) is 34.6 Å². The topological polar surface area (TPSA) is 57.5 Å². The van der Waals surface area contributed by atoms with Crippen LogP contribution in [0.25, 0.3) is 0 Å². The van der Waals surface area contributed by atoms with Crippen molar-refractivity contribution in [3.63, 3.8) is 0 Å². The molecule has 0 rings (SSSR count). The molecule has 3 nitrogen and oxygen atoms in total. The maximum atomic E-state index is 8.25. The van der Waals surface area contributed by atoms with E-state index in [-0.39, 0.29) is 17.4 Å². The van der Waals surface area contributed by atoms with Crippen molar-refractivity contribution in [2.45, 2.75) is 99.8 Å². The van der Waals surface area contributed by atoms with Gasteiger partial charge in [0.25, 0.3) is 0 Å². The summed E-state index contributed by atoms with van der Waals surface area (Å²) < 4.78 is 8.25. The van der Waals surface area contributed by atoms with E-state index in [0.29, 0.717) is 13.2 Å². The Balaban J connectivity index is -0.0000000202. The molecule has 0 aromatic carbocycles. The van der Waals surface area contributed by atoms with Gasteiger partial charge in [0.1, 0.15) is 0 Å². The molecule has 2 N–H and O–H groups in total. The van der Waals surface area contributed by atoms with E-state index in [1.807, 2.05) is 0 Å². The Morgan fingerprint density at radius 1 is 0.593 bits per heavy atom. The molecular weight excluding hydrogens is 387 g/mol. The van der Waals surface area contributed by atoms with E-state index in [1.165, 1.54) is 12.8 Å². The molecule has 0 amide bonds. The molecule has 0 aromatic rings. The van der Waals surface area contributed by atoms with Gasteiger partial charge in [-0.1, -0.05) is 53.4 Å². The van der Waals surface area contributed by atoms with Crippen molar-refractivity contribution in [2.24, 2.45) is 0 Å². The summed E-state index contributed by atoms with van der Waals surface area (Å²) in [6.45, 7) is 31.2. The van der Waals surface area contributed by atoms with Crippen molar-refractivity contribution in [1.82, 2.24) is 0 Å². The molecule has 27 heavy (non-hydrogen) atoms. The summed E-state index contributed by atoms with van der Waals surface area (Å²) in [5.41, 5.74) is 0. The number of aliphatic hydroxyl groups excluding tert-OH is 2. The van der Waals surface area contributed by atoms with Gasteiger partial charge < -0.3 is 44.8 Å². The predicted molar refractivity (Wildman–Crippen MR) is 128 cm³/mol. The van der Waals surface area contributed by atoms with Crippen LogP contribution in [0.15, 0.2) is 0 Å². The van der Waals surface area contributed by atoms with Crippen molar-refractivity contribution < 1.29 is 33.9 Å². The molecule has 0 aromatic heterocycles. The van der Waals surface area contributed by atoms with Crippen LogP contribution >= 0.6 is 0 Å². The Bertz CT molecular complexity index is 83.6. The van der Waals surface area contributed by atoms with Crippen LogP contribution in [-0.4, -0.2) is 40.8 Å². The molecule has 0 saturated carbocycles. The minimum atomic E-state index is 0. The van der Waals surface area contributed by atoms with E-state index in [0.717, 1.165) is 58.9 Å². The number of hydrogen-bond acceptors (Lipinski definition) is 3. The van der Waals surface area contributed by atoms with Crippen LogP contribution in [0.1, 0.15) is 99.8 Å². The molecule has 0 aliphatic carbocycles. The third kappa shape index (κ3) is 346. The Kier molecular flexibility index (Phi) is 317. The molecule has 0 bridgehead atoms. The summed E-state index contributed by atoms with van der Waals surface area (Å²) in [6.07, 6.45) is 8.63. The van der Waals surface area contributed by atoms with Crippen LogP contribution in [0.2, 0.25) is 0 Å². The fourth-order valence-electron chi connectivity index (χ4n) is 0.316. The van der Waals surface area contributed by atoms with Crippen molar-refractivity contribution in [3.05, 3.63) is 34.6 Å². The SMILES string of the molecule is CCCCO.CCCCO.[AlH3].[CH2-]C.[CH2-]C.[CH2-]C.[CH2-]CCC.[CH2-]CCC.[O]=[Ti]. The fourth-order valence-corrected chi connectivity index (χ4v) is 0.316. The number of rotatable bonds is 6. The zero-order valence-corrected chi connectivity index (χ0v) is 21.0. The van der Waals surface area contributed by atoms with Gasteiger partial charge in [-0.3, -0.25) is 0 Å². The van der Waals surface area contributed by atoms with E-state index in [1.54, 1.807) is 20.8 Å². The molecule has 0 aliphatic rings. The Morgan fingerprint density at radius 2 is 0.741 bits per heavy atom. The van der Waals surface area contributed by atoms with Crippen molar-refractivity contribution in [2.75, 3.05) is 13.2 Å². The van der Waals surface area contributed by atoms with Gasteiger partial charge in [-0.25, -0.2) is 0 Å². The van der Waals surface area contributed by atoms with Gasteiger partial charge >= 0.3 is 23.7 Å². The molecule has 0 heterocycles. The molecule has 0 spiro atoms. The van der Waals surface area contributed by atoms with Gasteiger partial charge in [0.15, 0.2) is 17.4 Å². The Morgan fingerprint density at radius 3 is 0.741 bits per heavy atom. The van der Waals surface area contributed by atoms with E-state index < -0.39 is 0 Å². The van der Waals surface area contributed by atoms with Crippen LogP contribution in [0.5, 0.6) is 0 Å². The summed E-state index contributed by atoms with van der Waals surface area (Å²) in [4.78, 5) is 0. The number of unbranched alkanes of at least 4 members (excludes halogenated alkanes) is 4. The second-order valence-corrected chi connectivity index (χ2v) is 3.86. The third-order valence-corrected chi connectivity index (χ3v) is 1.73. The summed E-state index contributed by atoms with van der Waals surface area (Å²) in [5, 5.41) is 16.1. The van der Waals surface area contributed by atoms with Gasteiger partial charge in [-0.15, -0.1) is 0 Å². The molecule has 0 unspecified atom stereocenters. The third-order valence-electron chi connectivity index (χ3n) is 1.73. The Hall–Kier alpha value is 0.967. The first-order valence-electron chi connectivity index (χ1n) is 9.79. The quantitative estimate of drug-likeness (QED) is 0.390. The summed E-state index contributed by atoms with van der Waals surface area (Å²) >= 11 is 0.750. The molecule has 5 heteroatoms. The standard InChI is InChI=1S/2C4H10O.2C4H9.3C2H5.Al.O.Ti.3H/c2*1-2-3-4-5;2*1-3-4-2;3*1-2;;;;;;/h2*5H,2-4H2,1H3;2*1,3-4H2,2H3;3*1H2,2H3;;;;;;/q;;5*-1;;;;;;. The van der Waals surface area contributed by atoms with Gasteiger partial charge in [0.2, 0.25) is 0 Å². The predicted octanol–water partition coefficient (Wildman–Crippen LogP) is 6.01.